The van der Waals surface area contributed by atoms with Crippen molar-refractivity contribution in [2.75, 3.05) is 0 Å². The molecular weight excluding hydrogens is 604 g/mol. The highest BCUT2D eigenvalue weighted by Gasteiger charge is 2.30. The van der Waals surface area contributed by atoms with Crippen molar-refractivity contribution in [3.8, 4) is 12.1 Å². The molecule has 0 saturated carbocycles. The van der Waals surface area contributed by atoms with Gasteiger partial charge in [-0.15, -0.1) is 0 Å². The van der Waals surface area contributed by atoms with Crippen molar-refractivity contribution in [2.24, 2.45) is 0 Å². The fourth-order valence-corrected chi connectivity index (χ4v) is 6.69. The molecule has 0 aromatic heterocycles. The molecule has 2 aromatic rings. The molecule has 0 fully saturated rings. The maximum absolute atomic E-state index is 13.3. The Morgan fingerprint density at radius 3 is 1.40 bits per heavy atom. The number of nitriles is 2. The second-order valence-corrected chi connectivity index (χ2v) is 12.8. The molecule has 0 saturated heterocycles. The molecule has 0 radical (unpaired) electrons. The van der Waals surface area contributed by atoms with Gasteiger partial charge in [0.1, 0.15) is 0 Å². The number of rotatable bonds is 4. The molecule has 0 unspecified atom stereocenters. The molecule has 0 amide bonds. The van der Waals surface area contributed by atoms with Crippen LogP contribution in [0.1, 0.15) is 29.7 Å². The van der Waals surface area contributed by atoms with Crippen LogP contribution in [0.2, 0.25) is 0 Å². The van der Waals surface area contributed by atoms with Crippen LogP contribution in [0.25, 0.3) is 0 Å². The number of nitrogens with zero attached hydrogens (tertiary/aromatic N) is 2. The van der Waals surface area contributed by atoms with E-state index in [4.69, 9.17) is 0 Å². The van der Waals surface area contributed by atoms with Crippen molar-refractivity contribution in [3.63, 3.8) is 0 Å². The number of benzene rings is 2. The van der Waals surface area contributed by atoms with Gasteiger partial charge in [-0.2, -0.15) is 10.5 Å². The largest absolute Gasteiger partial charge is 0.218 e. The molecule has 2 rings (SSSR count). The monoisotopic (exact) mass is 608 g/mol. The van der Waals surface area contributed by atoms with E-state index in [0.29, 0.717) is 11.1 Å². The van der Waals surface area contributed by atoms with Crippen LogP contribution in [0, 0.1) is 22.7 Å². The molecule has 0 spiro atoms. The highest BCUT2D eigenvalue weighted by molar-refractivity contribution is 9.24. The summed E-state index contributed by atoms with van der Waals surface area (Å²) in [5.74, 6) is 0. The average Bonchev–Trinajstić information content (AvgIpc) is 2.59. The zero-order chi connectivity index (χ0) is 18.8. The van der Waals surface area contributed by atoms with E-state index in [2.05, 4.69) is 63.7 Å². The summed E-state index contributed by atoms with van der Waals surface area (Å²) in [4.78, 5) is 0.00424. The number of alkyl halides is 4. The minimum Gasteiger partial charge on any atom is -0.218 e. The Balaban J connectivity index is 2.88. The Bertz CT molecular complexity index is 930. The Morgan fingerprint density at radius 2 is 1.12 bits per heavy atom. The summed E-state index contributed by atoms with van der Waals surface area (Å²) in [7, 11) is -3.98. The van der Waals surface area contributed by atoms with Crippen molar-refractivity contribution >= 4 is 73.6 Å². The zero-order valence-corrected chi connectivity index (χ0v) is 19.4. The number of hydrogen-bond donors (Lipinski definition) is 0. The van der Waals surface area contributed by atoms with Crippen molar-refractivity contribution < 1.29 is 8.42 Å². The predicted octanol–water partition coefficient (Wildman–Crippen LogP) is 5.84. The molecule has 9 heteroatoms. The van der Waals surface area contributed by atoms with E-state index >= 15 is 0 Å². The zero-order valence-electron chi connectivity index (χ0n) is 12.2. The predicted molar refractivity (Wildman–Crippen MR) is 109 cm³/mol. The highest BCUT2D eigenvalue weighted by Crippen LogP contribution is 2.42. The van der Waals surface area contributed by atoms with Crippen LogP contribution in [0.4, 0.5) is 0 Å². The molecule has 0 aliphatic rings. The van der Waals surface area contributed by atoms with Gasteiger partial charge in [-0.3, -0.25) is 0 Å². The number of hydrogen-bond acceptors (Lipinski definition) is 4. The normalized spacial score (nSPS) is 11.4. The van der Waals surface area contributed by atoms with Gasteiger partial charge in [-0.05, 0) is 24.3 Å². The second-order valence-electron chi connectivity index (χ2n) is 4.76. The SMILES string of the molecule is N#Cc1cccc(S(=O)(=O)c2cccc(C#N)c2C(Br)Br)c1C(Br)Br. The molecule has 0 atom stereocenters. The lowest BCUT2D eigenvalue weighted by Crippen LogP contribution is -2.10. The van der Waals surface area contributed by atoms with Crippen LogP contribution >= 0.6 is 63.7 Å². The van der Waals surface area contributed by atoms with Crippen LogP contribution in [-0.4, -0.2) is 8.42 Å². The fourth-order valence-electron chi connectivity index (χ4n) is 2.32. The lowest BCUT2D eigenvalue weighted by atomic mass is 10.1. The fraction of sp³-hybridized carbons (Fsp3) is 0.125. The first kappa shape index (κ1) is 20.6. The Kier molecular flexibility index (Phi) is 6.86. The summed E-state index contributed by atoms with van der Waals surface area (Å²) in [6.07, 6.45) is 0. The van der Waals surface area contributed by atoms with Gasteiger partial charge in [0.25, 0.3) is 0 Å². The van der Waals surface area contributed by atoms with Gasteiger partial charge < -0.3 is 0 Å². The minimum atomic E-state index is -3.98. The first-order valence-electron chi connectivity index (χ1n) is 6.63. The second kappa shape index (κ2) is 8.32. The average molecular weight is 612 g/mol. The molecule has 0 aliphatic heterocycles. The highest BCUT2D eigenvalue weighted by atomic mass is 79.9. The van der Waals surface area contributed by atoms with Crippen LogP contribution in [0.5, 0.6) is 0 Å². The molecule has 25 heavy (non-hydrogen) atoms. The summed E-state index contributed by atoms with van der Waals surface area (Å²) in [6.45, 7) is 0. The van der Waals surface area contributed by atoms with Gasteiger partial charge in [0.15, 0.2) is 0 Å². The number of sulfone groups is 1. The summed E-state index contributed by atoms with van der Waals surface area (Å²) in [5, 5.41) is 18.6. The molecule has 0 bridgehead atoms. The third kappa shape index (κ3) is 4.01. The standard InChI is InChI=1S/C16H8Br4N2O2S/c17-15(18)13-9(7-21)3-1-5-11(13)25(23,24)12-6-2-4-10(8-22)14(12)16(19)20/h1-6,15-16H. The van der Waals surface area contributed by atoms with E-state index in [1.54, 1.807) is 12.1 Å². The molecule has 0 heterocycles. The molecule has 2 aromatic carbocycles. The molecule has 0 N–H and O–H groups in total. The van der Waals surface area contributed by atoms with E-state index in [9.17, 15) is 18.9 Å². The Labute approximate surface area is 179 Å². The third-order valence-electron chi connectivity index (χ3n) is 3.39. The quantitative estimate of drug-likeness (QED) is 0.407. The lowest BCUT2D eigenvalue weighted by Gasteiger charge is -2.17. The van der Waals surface area contributed by atoms with Crippen molar-refractivity contribution in [1.29, 1.82) is 10.5 Å². The van der Waals surface area contributed by atoms with E-state index < -0.39 is 17.3 Å². The summed E-state index contributed by atoms with van der Waals surface area (Å²) < 4.78 is 25.6. The van der Waals surface area contributed by atoms with Gasteiger partial charge in [0, 0.05) is 11.1 Å². The van der Waals surface area contributed by atoms with Crippen LogP contribution < -0.4 is 0 Å². The summed E-state index contributed by atoms with van der Waals surface area (Å²) in [6, 6.07) is 13.0. The van der Waals surface area contributed by atoms with Crippen molar-refractivity contribution in [2.45, 2.75) is 17.3 Å². The third-order valence-corrected chi connectivity index (χ3v) is 7.09. The molecule has 0 aliphatic carbocycles. The van der Waals surface area contributed by atoms with E-state index in [1.165, 1.54) is 24.3 Å². The molecule has 4 nitrogen and oxygen atoms in total. The van der Waals surface area contributed by atoms with Crippen LogP contribution in [0.3, 0.4) is 0 Å². The maximum atomic E-state index is 13.3. The van der Waals surface area contributed by atoms with Crippen molar-refractivity contribution in [3.05, 3.63) is 58.7 Å². The first-order valence-corrected chi connectivity index (χ1v) is 11.8. The van der Waals surface area contributed by atoms with Crippen LogP contribution in [-0.2, 0) is 9.84 Å². The van der Waals surface area contributed by atoms with E-state index in [0.717, 1.165) is 0 Å². The van der Waals surface area contributed by atoms with E-state index in [-0.39, 0.29) is 20.9 Å². The van der Waals surface area contributed by atoms with E-state index in [1.807, 2.05) is 12.1 Å². The minimum absolute atomic E-state index is 0.00212. The van der Waals surface area contributed by atoms with Crippen LogP contribution in [0.15, 0.2) is 46.2 Å². The topological polar surface area (TPSA) is 81.7 Å². The first-order chi connectivity index (χ1) is 11.8. The summed E-state index contributed by atoms with van der Waals surface area (Å²) >= 11 is 13.2. The summed E-state index contributed by atoms with van der Waals surface area (Å²) in [5.41, 5.74) is 1.12. The number of halogens is 4. The van der Waals surface area contributed by atoms with Crippen molar-refractivity contribution in [1.82, 2.24) is 0 Å². The smallest absolute Gasteiger partial charge is 0.207 e. The van der Waals surface area contributed by atoms with Gasteiger partial charge >= 0.3 is 0 Å². The van der Waals surface area contributed by atoms with Gasteiger partial charge in [0.2, 0.25) is 9.84 Å². The van der Waals surface area contributed by atoms with Gasteiger partial charge in [-0.1, -0.05) is 75.9 Å². The Morgan fingerprint density at radius 1 is 0.760 bits per heavy atom. The maximum Gasteiger partial charge on any atom is 0.207 e. The Hall–Kier alpha value is -0.710. The molecular formula is C16H8Br4N2O2S. The van der Waals surface area contributed by atoms with Gasteiger partial charge in [-0.25, -0.2) is 8.42 Å². The van der Waals surface area contributed by atoms with Gasteiger partial charge in [0.05, 0.1) is 40.5 Å². The molecule has 128 valence electrons. The lowest BCUT2D eigenvalue weighted by molar-refractivity contribution is 0.594.